The summed E-state index contributed by atoms with van der Waals surface area (Å²) >= 11 is 0. The highest BCUT2D eigenvalue weighted by Crippen LogP contribution is 2.35. The van der Waals surface area contributed by atoms with E-state index >= 15 is 0 Å². The average molecular weight is 409 g/mol. The van der Waals surface area contributed by atoms with Crippen molar-refractivity contribution in [2.24, 2.45) is 0 Å². The number of hydrogen-bond acceptors (Lipinski definition) is 6. The number of carbonyl (C=O) groups excluding carboxylic acids is 3. The Morgan fingerprint density at radius 1 is 1.20 bits per heavy atom. The summed E-state index contributed by atoms with van der Waals surface area (Å²) in [5, 5.41) is 15.1. The van der Waals surface area contributed by atoms with Crippen molar-refractivity contribution in [3.05, 3.63) is 36.7 Å². The zero-order valence-electron chi connectivity index (χ0n) is 16.4. The fraction of sp³-hybridized carbons (Fsp3) is 0.381. The Hall–Kier alpha value is -3.49. The quantitative estimate of drug-likeness (QED) is 0.630. The van der Waals surface area contributed by atoms with Crippen molar-refractivity contribution in [3.63, 3.8) is 0 Å². The van der Waals surface area contributed by atoms with Crippen molar-refractivity contribution in [2.45, 2.75) is 44.1 Å². The highest BCUT2D eigenvalue weighted by molar-refractivity contribution is 6.07. The second-order valence-electron chi connectivity index (χ2n) is 7.67. The van der Waals surface area contributed by atoms with Gasteiger partial charge in [-0.05, 0) is 31.4 Å². The molecule has 1 aromatic heterocycles. The van der Waals surface area contributed by atoms with Crippen LogP contribution in [0.1, 0.15) is 38.5 Å². The minimum absolute atomic E-state index is 0.123. The summed E-state index contributed by atoms with van der Waals surface area (Å²) in [7, 11) is 0. The number of benzene rings is 1. The lowest BCUT2D eigenvalue weighted by molar-refractivity contribution is -0.131. The molecule has 30 heavy (non-hydrogen) atoms. The van der Waals surface area contributed by atoms with Crippen molar-refractivity contribution in [3.8, 4) is 17.1 Å². The lowest BCUT2D eigenvalue weighted by Crippen LogP contribution is -2.44. The zero-order chi connectivity index (χ0) is 21.1. The fourth-order valence-corrected chi connectivity index (χ4v) is 4.00. The molecule has 1 aliphatic carbocycles. The molecule has 2 aliphatic rings. The number of anilines is 1. The Morgan fingerprint density at radius 2 is 1.93 bits per heavy atom. The Morgan fingerprint density at radius 3 is 2.63 bits per heavy atom. The maximum absolute atomic E-state index is 12.6. The molecule has 156 valence electrons. The molecule has 1 aromatic carbocycles. The van der Waals surface area contributed by atoms with Gasteiger partial charge in [0, 0.05) is 18.5 Å². The van der Waals surface area contributed by atoms with Gasteiger partial charge >= 0.3 is 6.03 Å². The number of rotatable bonds is 6. The fourth-order valence-electron chi connectivity index (χ4n) is 4.00. The molecule has 3 N–H and O–H groups in total. The molecule has 0 unspecified atom stereocenters. The first-order chi connectivity index (χ1) is 14.5. The first-order valence-electron chi connectivity index (χ1n) is 10.0. The normalized spacial score (nSPS) is 17.4. The summed E-state index contributed by atoms with van der Waals surface area (Å²) in [4.78, 5) is 46.6. The Kier molecular flexibility index (Phi) is 5.35. The summed E-state index contributed by atoms with van der Waals surface area (Å²) < 4.78 is 0. The molecule has 1 saturated carbocycles. The monoisotopic (exact) mass is 409 g/mol. The van der Waals surface area contributed by atoms with E-state index in [1.54, 1.807) is 24.3 Å². The average Bonchev–Trinajstić information content (AvgIpc) is 3.29. The van der Waals surface area contributed by atoms with Gasteiger partial charge in [-0.2, -0.15) is 0 Å². The van der Waals surface area contributed by atoms with Crippen LogP contribution < -0.4 is 10.6 Å². The summed E-state index contributed by atoms with van der Waals surface area (Å²) in [6.45, 7) is 0.215. The second-order valence-corrected chi connectivity index (χ2v) is 7.67. The number of carbonyl (C=O) groups is 3. The van der Waals surface area contributed by atoms with Crippen molar-refractivity contribution < 1.29 is 19.5 Å². The van der Waals surface area contributed by atoms with Gasteiger partial charge < -0.3 is 15.7 Å². The lowest BCUT2D eigenvalue weighted by atomic mass is 9.98. The van der Waals surface area contributed by atoms with Crippen LogP contribution in [0.4, 0.5) is 10.5 Å². The summed E-state index contributed by atoms with van der Waals surface area (Å²) in [6, 6.07) is 6.23. The Labute approximate surface area is 173 Å². The van der Waals surface area contributed by atoms with Gasteiger partial charge in [0.05, 0.1) is 18.1 Å². The van der Waals surface area contributed by atoms with Gasteiger partial charge in [-0.1, -0.05) is 25.0 Å². The molecule has 2 fully saturated rings. The van der Waals surface area contributed by atoms with Gasteiger partial charge in [0.1, 0.15) is 11.3 Å². The van der Waals surface area contributed by atoms with E-state index in [1.165, 1.54) is 17.3 Å². The van der Waals surface area contributed by atoms with E-state index in [9.17, 15) is 19.5 Å². The van der Waals surface area contributed by atoms with Crippen molar-refractivity contribution >= 4 is 23.5 Å². The summed E-state index contributed by atoms with van der Waals surface area (Å²) in [5.74, 6) is 0.147. The molecular weight excluding hydrogens is 386 g/mol. The maximum Gasteiger partial charge on any atom is 0.325 e. The number of hydrogen-bond donors (Lipinski definition) is 3. The molecule has 2 aromatic rings. The highest BCUT2D eigenvalue weighted by Gasteiger charge is 2.51. The Balaban J connectivity index is 1.27. The van der Waals surface area contributed by atoms with Crippen molar-refractivity contribution in [2.75, 3.05) is 11.9 Å². The number of aromatic nitrogens is 2. The van der Waals surface area contributed by atoms with E-state index in [0.29, 0.717) is 36.3 Å². The molecule has 1 spiro atoms. The molecule has 0 atom stereocenters. The van der Waals surface area contributed by atoms with Crippen LogP contribution in [0, 0.1) is 0 Å². The van der Waals surface area contributed by atoms with E-state index < -0.39 is 5.54 Å². The van der Waals surface area contributed by atoms with Crippen LogP contribution >= 0.6 is 0 Å². The maximum atomic E-state index is 12.6. The van der Waals surface area contributed by atoms with Gasteiger partial charge in [-0.15, -0.1) is 0 Å². The molecular formula is C21H23N5O4. The largest absolute Gasteiger partial charge is 0.508 e. The van der Waals surface area contributed by atoms with Crippen LogP contribution in [0.25, 0.3) is 11.4 Å². The molecule has 1 aliphatic heterocycles. The van der Waals surface area contributed by atoms with Gasteiger partial charge in [0.15, 0.2) is 5.82 Å². The second kappa shape index (κ2) is 8.10. The summed E-state index contributed by atoms with van der Waals surface area (Å²) in [5.41, 5.74) is 0.402. The number of phenolic OH excluding ortho intramolecular Hbond substituents is 1. The van der Waals surface area contributed by atoms with Crippen LogP contribution in [0.2, 0.25) is 0 Å². The van der Waals surface area contributed by atoms with Gasteiger partial charge in [-0.3, -0.25) is 14.5 Å². The minimum atomic E-state index is -0.714. The van der Waals surface area contributed by atoms with Crippen LogP contribution in [0.15, 0.2) is 36.7 Å². The van der Waals surface area contributed by atoms with Crippen LogP contribution in [0.5, 0.6) is 5.75 Å². The van der Waals surface area contributed by atoms with Crippen molar-refractivity contribution in [1.82, 2.24) is 20.2 Å². The van der Waals surface area contributed by atoms with E-state index in [0.717, 1.165) is 12.8 Å². The molecule has 0 radical (unpaired) electrons. The first-order valence-corrected chi connectivity index (χ1v) is 10.0. The third kappa shape index (κ3) is 3.96. The number of nitrogens with one attached hydrogen (secondary N) is 2. The number of phenols is 1. The molecule has 0 bridgehead atoms. The van der Waals surface area contributed by atoms with Gasteiger partial charge in [-0.25, -0.2) is 14.8 Å². The molecule has 4 amide bonds. The van der Waals surface area contributed by atoms with E-state index in [-0.39, 0.29) is 36.6 Å². The highest BCUT2D eigenvalue weighted by atomic mass is 16.3. The number of aromatic hydroxyl groups is 1. The standard InChI is InChI=1S/C21H23N5O4/c27-16-6-3-5-14(11-16)18-22-12-15(13-23-18)24-17(28)7-4-10-26-19(29)21(25-20(26)30)8-1-2-9-21/h3,5-6,11-13,27H,1-2,4,7-10H2,(H,24,28)(H,25,30). The van der Waals surface area contributed by atoms with E-state index in [2.05, 4.69) is 20.6 Å². The molecule has 4 rings (SSSR count). The van der Waals surface area contributed by atoms with Gasteiger partial charge in [0.2, 0.25) is 5.91 Å². The number of amides is 4. The van der Waals surface area contributed by atoms with Gasteiger partial charge in [0.25, 0.3) is 5.91 Å². The third-order valence-electron chi connectivity index (χ3n) is 5.53. The molecule has 1 saturated heterocycles. The molecule has 2 heterocycles. The van der Waals surface area contributed by atoms with Crippen LogP contribution in [-0.4, -0.2) is 49.9 Å². The van der Waals surface area contributed by atoms with E-state index in [4.69, 9.17) is 0 Å². The third-order valence-corrected chi connectivity index (χ3v) is 5.53. The zero-order valence-corrected chi connectivity index (χ0v) is 16.4. The molecule has 9 heteroatoms. The Bertz CT molecular complexity index is 970. The van der Waals surface area contributed by atoms with E-state index in [1.807, 2.05) is 0 Å². The lowest BCUT2D eigenvalue weighted by Gasteiger charge is -2.19. The summed E-state index contributed by atoms with van der Waals surface area (Å²) in [6.07, 6.45) is 6.78. The minimum Gasteiger partial charge on any atom is -0.508 e. The number of imide groups is 1. The van der Waals surface area contributed by atoms with Crippen LogP contribution in [0.3, 0.4) is 0 Å². The van der Waals surface area contributed by atoms with Crippen LogP contribution in [-0.2, 0) is 9.59 Å². The first kappa shape index (κ1) is 19.8. The SMILES string of the molecule is O=C(CCCN1C(=O)NC2(CCCC2)C1=O)Nc1cnc(-c2cccc(O)c2)nc1. The predicted octanol–water partition coefficient (Wildman–Crippen LogP) is 2.43. The number of urea groups is 1. The smallest absolute Gasteiger partial charge is 0.325 e. The molecule has 9 nitrogen and oxygen atoms in total. The predicted molar refractivity (Wildman–Crippen MR) is 108 cm³/mol. The van der Waals surface area contributed by atoms with Crippen molar-refractivity contribution in [1.29, 1.82) is 0 Å². The topological polar surface area (TPSA) is 125 Å². The number of nitrogens with zero attached hydrogens (tertiary/aromatic N) is 3.